The lowest BCUT2D eigenvalue weighted by molar-refractivity contribution is -0.138. The maximum atomic E-state index is 11.8. The lowest BCUT2D eigenvalue weighted by atomic mass is 10.2. The van der Waals surface area contributed by atoms with Gasteiger partial charge < -0.3 is 15.8 Å². The Bertz CT molecular complexity index is 258. The minimum atomic E-state index is -4.17. The molecule has 1 amide bonds. The van der Waals surface area contributed by atoms with Crippen molar-refractivity contribution < 1.29 is 22.7 Å². The molecule has 2 atom stereocenters. The van der Waals surface area contributed by atoms with E-state index in [-0.39, 0.29) is 25.0 Å². The van der Waals surface area contributed by atoms with E-state index >= 15 is 0 Å². The van der Waals surface area contributed by atoms with Crippen molar-refractivity contribution in [3.05, 3.63) is 0 Å². The van der Waals surface area contributed by atoms with Crippen LogP contribution in [-0.2, 0) is 9.53 Å². The van der Waals surface area contributed by atoms with Gasteiger partial charge in [-0.1, -0.05) is 0 Å². The maximum absolute atomic E-state index is 11.8. The summed E-state index contributed by atoms with van der Waals surface area (Å²) in [6.07, 6.45) is -4.54. The summed E-state index contributed by atoms with van der Waals surface area (Å²) in [5.74, 6) is -0.344. The highest BCUT2D eigenvalue weighted by atomic mass is 19.4. The third kappa shape index (κ3) is 5.36. The molecule has 0 bridgehead atoms. The Hall–Kier alpha value is -0.820. The predicted octanol–water partition coefficient (Wildman–Crippen LogP) is 0.951. The molecule has 1 aliphatic rings. The first-order valence-electron chi connectivity index (χ1n) is 5.62. The quantitative estimate of drug-likeness (QED) is 0.718. The van der Waals surface area contributed by atoms with Crippen LogP contribution in [0.1, 0.15) is 25.7 Å². The van der Waals surface area contributed by atoms with E-state index in [0.717, 1.165) is 6.42 Å². The molecule has 1 fully saturated rings. The van der Waals surface area contributed by atoms with Crippen LogP contribution in [0.2, 0.25) is 0 Å². The summed E-state index contributed by atoms with van der Waals surface area (Å²) in [5, 5.41) is 2.44. The Labute approximate surface area is 97.7 Å². The number of amides is 1. The zero-order valence-electron chi connectivity index (χ0n) is 9.43. The van der Waals surface area contributed by atoms with Gasteiger partial charge in [-0.3, -0.25) is 4.79 Å². The molecule has 0 aromatic carbocycles. The van der Waals surface area contributed by atoms with Crippen molar-refractivity contribution in [1.29, 1.82) is 0 Å². The van der Waals surface area contributed by atoms with Crippen molar-refractivity contribution in [1.82, 2.24) is 5.32 Å². The number of nitrogens with two attached hydrogens (primary N) is 1. The van der Waals surface area contributed by atoms with Crippen LogP contribution in [0.3, 0.4) is 0 Å². The topological polar surface area (TPSA) is 64.4 Å². The summed E-state index contributed by atoms with van der Waals surface area (Å²) in [6, 6.07) is 0. The van der Waals surface area contributed by atoms with Crippen LogP contribution in [0.15, 0.2) is 0 Å². The standard InChI is InChI=1S/C10H17F3N2O2/c11-10(12,13)4-1-5-15-9(16)8-3-2-7(6-14)17-8/h7-8H,1-6,14H2,(H,15,16). The number of alkyl halides is 3. The Kier molecular flexibility index (Phi) is 5.20. The molecule has 100 valence electrons. The number of carbonyl (C=O) groups is 1. The number of rotatable bonds is 5. The molecule has 0 saturated carbocycles. The summed E-state index contributed by atoms with van der Waals surface area (Å²) >= 11 is 0. The number of carbonyl (C=O) groups excluding carboxylic acids is 1. The van der Waals surface area contributed by atoms with Gasteiger partial charge in [-0.25, -0.2) is 0 Å². The van der Waals surface area contributed by atoms with Crippen molar-refractivity contribution >= 4 is 5.91 Å². The van der Waals surface area contributed by atoms with Crippen molar-refractivity contribution in [2.24, 2.45) is 5.73 Å². The predicted molar refractivity (Wildman–Crippen MR) is 55.2 cm³/mol. The molecule has 0 spiro atoms. The molecule has 4 nitrogen and oxygen atoms in total. The molecule has 1 aliphatic heterocycles. The number of ether oxygens (including phenoxy) is 1. The fourth-order valence-electron chi connectivity index (χ4n) is 1.69. The second-order valence-corrected chi connectivity index (χ2v) is 4.07. The van der Waals surface area contributed by atoms with Crippen molar-refractivity contribution in [2.45, 2.75) is 44.1 Å². The van der Waals surface area contributed by atoms with E-state index < -0.39 is 18.7 Å². The summed E-state index contributed by atoms with van der Waals surface area (Å²) in [7, 11) is 0. The van der Waals surface area contributed by atoms with E-state index in [1.54, 1.807) is 0 Å². The number of hydrogen-bond donors (Lipinski definition) is 2. The molecule has 17 heavy (non-hydrogen) atoms. The van der Waals surface area contributed by atoms with Gasteiger partial charge in [0.15, 0.2) is 0 Å². The van der Waals surface area contributed by atoms with Crippen LogP contribution in [-0.4, -0.2) is 37.4 Å². The molecule has 0 aromatic rings. The second kappa shape index (κ2) is 6.20. The molecular weight excluding hydrogens is 237 g/mol. The minimum Gasteiger partial charge on any atom is -0.364 e. The van der Waals surface area contributed by atoms with Gasteiger partial charge in [0, 0.05) is 19.5 Å². The Balaban J connectivity index is 2.14. The zero-order chi connectivity index (χ0) is 12.9. The number of nitrogens with one attached hydrogen (secondary N) is 1. The molecular formula is C10H17F3N2O2. The van der Waals surface area contributed by atoms with E-state index in [1.165, 1.54) is 0 Å². The average molecular weight is 254 g/mol. The Morgan fingerprint density at radius 3 is 2.65 bits per heavy atom. The average Bonchev–Trinajstić information content (AvgIpc) is 2.71. The number of hydrogen-bond acceptors (Lipinski definition) is 3. The van der Waals surface area contributed by atoms with Crippen LogP contribution in [0, 0.1) is 0 Å². The molecule has 0 radical (unpaired) electrons. The zero-order valence-corrected chi connectivity index (χ0v) is 9.43. The summed E-state index contributed by atoms with van der Waals surface area (Å²) in [6.45, 7) is 0.378. The summed E-state index contributed by atoms with van der Waals surface area (Å²) in [4.78, 5) is 11.5. The third-order valence-electron chi connectivity index (χ3n) is 2.60. The molecule has 1 heterocycles. The van der Waals surface area contributed by atoms with Gasteiger partial charge in [0.05, 0.1) is 6.10 Å². The highest BCUT2D eigenvalue weighted by Gasteiger charge is 2.30. The van der Waals surface area contributed by atoms with Crippen molar-refractivity contribution in [2.75, 3.05) is 13.1 Å². The normalized spacial score (nSPS) is 24.9. The van der Waals surface area contributed by atoms with Gasteiger partial charge in [0.25, 0.3) is 0 Å². The lowest BCUT2D eigenvalue weighted by Gasteiger charge is -2.13. The Morgan fingerprint density at radius 2 is 2.12 bits per heavy atom. The highest BCUT2D eigenvalue weighted by Crippen LogP contribution is 2.21. The van der Waals surface area contributed by atoms with E-state index in [0.29, 0.717) is 13.0 Å². The van der Waals surface area contributed by atoms with Gasteiger partial charge in [-0.15, -0.1) is 0 Å². The smallest absolute Gasteiger partial charge is 0.364 e. The van der Waals surface area contributed by atoms with Crippen LogP contribution in [0.25, 0.3) is 0 Å². The maximum Gasteiger partial charge on any atom is 0.389 e. The summed E-state index contributed by atoms with van der Waals surface area (Å²) in [5.41, 5.74) is 5.38. The molecule has 1 saturated heterocycles. The lowest BCUT2D eigenvalue weighted by Crippen LogP contribution is -2.36. The number of halogens is 3. The minimum absolute atomic E-state index is 0.0193. The van der Waals surface area contributed by atoms with Gasteiger partial charge >= 0.3 is 6.18 Å². The van der Waals surface area contributed by atoms with E-state index in [2.05, 4.69) is 5.32 Å². The molecule has 7 heteroatoms. The fourth-order valence-corrected chi connectivity index (χ4v) is 1.69. The van der Waals surface area contributed by atoms with Crippen LogP contribution >= 0.6 is 0 Å². The second-order valence-electron chi connectivity index (χ2n) is 4.07. The first-order chi connectivity index (χ1) is 7.92. The summed E-state index contributed by atoms with van der Waals surface area (Å²) < 4.78 is 40.8. The monoisotopic (exact) mass is 254 g/mol. The molecule has 0 aliphatic carbocycles. The molecule has 2 unspecified atom stereocenters. The van der Waals surface area contributed by atoms with E-state index in [9.17, 15) is 18.0 Å². The van der Waals surface area contributed by atoms with Gasteiger partial charge in [0.1, 0.15) is 6.10 Å². The van der Waals surface area contributed by atoms with Gasteiger partial charge in [0.2, 0.25) is 5.91 Å². The van der Waals surface area contributed by atoms with E-state index in [4.69, 9.17) is 10.5 Å². The first kappa shape index (κ1) is 14.2. The van der Waals surface area contributed by atoms with Gasteiger partial charge in [-0.05, 0) is 19.3 Å². The first-order valence-corrected chi connectivity index (χ1v) is 5.62. The third-order valence-corrected chi connectivity index (χ3v) is 2.60. The van der Waals surface area contributed by atoms with Crippen molar-refractivity contribution in [3.63, 3.8) is 0 Å². The van der Waals surface area contributed by atoms with Gasteiger partial charge in [-0.2, -0.15) is 13.2 Å². The molecule has 1 rings (SSSR count). The van der Waals surface area contributed by atoms with Crippen LogP contribution in [0.5, 0.6) is 0 Å². The highest BCUT2D eigenvalue weighted by molar-refractivity contribution is 5.80. The van der Waals surface area contributed by atoms with Crippen LogP contribution in [0.4, 0.5) is 13.2 Å². The SMILES string of the molecule is NCC1CCC(C(=O)NCCCC(F)(F)F)O1. The molecule has 3 N–H and O–H groups in total. The largest absolute Gasteiger partial charge is 0.389 e. The van der Waals surface area contributed by atoms with Crippen LogP contribution < -0.4 is 11.1 Å². The Morgan fingerprint density at radius 1 is 1.41 bits per heavy atom. The van der Waals surface area contributed by atoms with Crippen molar-refractivity contribution in [3.8, 4) is 0 Å². The fraction of sp³-hybridized carbons (Fsp3) is 0.900. The van der Waals surface area contributed by atoms with E-state index in [1.807, 2.05) is 0 Å². The molecule has 0 aromatic heterocycles.